The Morgan fingerprint density at radius 2 is 1.91 bits per heavy atom. The fraction of sp³-hybridized carbons (Fsp3) is 0.875. The van der Waals surface area contributed by atoms with Crippen molar-refractivity contribution in [1.29, 1.82) is 0 Å². The summed E-state index contributed by atoms with van der Waals surface area (Å²) >= 11 is 0. The predicted octanol–water partition coefficient (Wildman–Crippen LogP) is 2.35. The zero-order valence-corrected chi connectivity index (χ0v) is 14.7. The highest BCUT2D eigenvalue weighted by Gasteiger charge is 2.19. The molecule has 0 aliphatic heterocycles. The van der Waals surface area contributed by atoms with Crippen LogP contribution in [-0.2, 0) is 4.74 Å². The van der Waals surface area contributed by atoms with Crippen molar-refractivity contribution in [2.75, 3.05) is 27.2 Å². The van der Waals surface area contributed by atoms with Crippen molar-refractivity contribution in [3.8, 4) is 0 Å². The van der Waals surface area contributed by atoms with E-state index in [0.29, 0.717) is 19.1 Å². The Labute approximate surface area is 134 Å². The van der Waals surface area contributed by atoms with Gasteiger partial charge in [0.1, 0.15) is 5.60 Å². The Balaban J connectivity index is 2.27. The summed E-state index contributed by atoms with van der Waals surface area (Å²) in [6.07, 6.45) is 6.03. The van der Waals surface area contributed by atoms with E-state index >= 15 is 0 Å². The van der Waals surface area contributed by atoms with Gasteiger partial charge in [-0.3, -0.25) is 4.99 Å². The number of carbonyl (C=O) groups excluding carboxylic acids is 1. The molecule has 2 N–H and O–H groups in total. The lowest BCUT2D eigenvalue weighted by Crippen LogP contribution is -2.46. The van der Waals surface area contributed by atoms with Crippen molar-refractivity contribution in [1.82, 2.24) is 15.5 Å². The molecule has 1 aliphatic carbocycles. The van der Waals surface area contributed by atoms with Gasteiger partial charge in [-0.2, -0.15) is 0 Å². The fourth-order valence-electron chi connectivity index (χ4n) is 2.41. The first-order chi connectivity index (χ1) is 10.3. The normalized spacial score (nSPS) is 17.0. The van der Waals surface area contributed by atoms with Crippen molar-refractivity contribution in [3.63, 3.8) is 0 Å². The van der Waals surface area contributed by atoms with Gasteiger partial charge in [0.2, 0.25) is 0 Å². The van der Waals surface area contributed by atoms with Crippen LogP contribution in [0.5, 0.6) is 0 Å². The lowest BCUT2D eigenvalue weighted by molar-refractivity contribution is 0.0302. The number of nitrogens with one attached hydrogen (secondary N) is 2. The molecule has 0 aromatic carbocycles. The van der Waals surface area contributed by atoms with Crippen molar-refractivity contribution < 1.29 is 9.53 Å². The minimum absolute atomic E-state index is 0.301. The van der Waals surface area contributed by atoms with Crippen LogP contribution in [0.3, 0.4) is 0 Å². The van der Waals surface area contributed by atoms with E-state index in [2.05, 4.69) is 15.6 Å². The molecule has 0 saturated heterocycles. The Morgan fingerprint density at radius 1 is 1.27 bits per heavy atom. The molecule has 0 radical (unpaired) electrons. The summed E-state index contributed by atoms with van der Waals surface area (Å²) in [6, 6.07) is 0.517. The quantitative estimate of drug-likeness (QED) is 0.618. The lowest BCUT2D eigenvalue weighted by atomic mass is 9.96. The van der Waals surface area contributed by atoms with E-state index < -0.39 is 5.60 Å². The van der Waals surface area contributed by atoms with Crippen LogP contribution >= 0.6 is 0 Å². The maximum atomic E-state index is 11.9. The number of nitrogens with zero attached hydrogens (tertiary/aromatic N) is 2. The smallest absolute Gasteiger partial charge is 0.410 e. The van der Waals surface area contributed by atoms with Gasteiger partial charge in [0.15, 0.2) is 5.96 Å². The molecule has 0 aromatic rings. The molecule has 1 aliphatic rings. The maximum absolute atomic E-state index is 11.9. The first-order valence-corrected chi connectivity index (χ1v) is 8.23. The third-order valence-corrected chi connectivity index (χ3v) is 3.61. The standard InChI is InChI=1S/C16H32N4O2/c1-16(2,3)22-15(21)20(5)12-11-18-14(17-4)19-13-9-7-6-8-10-13/h13H,6-12H2,1-5H3,(H2,17,18,19). The number of carbonyl (C=O) groups is 1. The molecule has 0 bridgehead atoms. The molecule has 0 aromatic heterocycles. The number of guanidine groups is 1. The van der Waals surface area contributed by atoms with Crippen LogP contribution in [0.25, 0.3) is 0 Å². The SMILES string of the molecule is CN=C(NCCN(C)C(=O)OC(C)(C)C)NC1CCCCC1. The van der Waals surface area contributed by atoms with Crippen molar-refractivity contribution in [2.24, 2.45) is 4.99 Å². The van der Waals surface area contributed by atoms with Crippen molar-refractivity contribution >= 4 is 12.1 Å². The summed E-state index contributed by atoms with van der Waals surface area (Å²) in [7, 11) is 3.52. The molecule has 6 nitrogen and oxygen atoms in total. The highest BCUT2D eigenvalue weighted by molar-refractivity contribution is 5.80. The van der Waals surface area contributed by atoms with Gasteiger partial charge in [0.05, 0.1) is 0 Å². The molecule has 1 rings (SSSR count). The zero-order chi connectivity index (χ0) is 16.6. The Bertz CT molecular complexity index is 371. The molecule has 128 valence electrons. The lowest BCUT2D eigenvalue weighted by Gasteiger charge is -2.26. The van der Waals surface area contributed by atoms with Gasteiger partial charge >= 0.3 is 6.09 Å². The summed E-state index contributed by atoms with van der Waals surface area (Å²) in [6.45, 7) is 6.81. The summed E-state index contributed by atoms with van der Waals surface area (Å²) in [5.41, 5.74) is -0.461. The van der Waals surface area contributed by atoms with Gasteiger partial charge in [-0.1, -0.05) is 19.3 Å². The molecule has 1 saturated carbocycles. The third kappa shape index (κ3) is 7.52. The first-order valence-electron chi connectivity index (χ1n) is 8.23. The second kappa shape index (κ2) is 8.86. The largest absolute Gasteiger partial charge is 0.444 e. The molecule has 0 spiro atoms. The average Bonchev–Trinajstić information content (AvgIpc) is 2.45. The molecular formula is C16H32N4O2. The summed E-state index contributed by atoms with van der Waals surface area (Å²) < 4.78 is 5.32. The molecule has 22 heavy (non-hydrogen) atoms. The second-order valence-electron chi connectivity index (χ2n) is 6.88. The van der Waals surface area contributed by atoms with E-state index in [-0.39, 0.29) is 6.09 Å². The summed E-state index contributed by atoms with van der Waals surface area (Å²) in [5.74, 6) is 0.810. The Hall–Kier alpha value is -1.46. The number of hydrogen-bond donors (Lipinski definition) is 2. The van der Waals surface area contributed by atoms with E-state index in [1.807, 2.05) is 20.8 Å². The number of likely N-dealkylation sites (N-methyl/N-ethyl adjacent to an activating group) is 1. The van der Waals surface area contributed by atoms with Gasteiger partial charge in [-0.15, -0.1) is 0 Å². The first kappa shape index (κ1) is 18.6. The van der Waals surface area contributed by atoms with Crippen LogP contribution in [-0.4, -0.2) is 55.8 Å². The zero-order valence-electron chi connectivity index (χ0n) is 14.7. The Kier molecular flexibility index (Phi) is 7.48. The fourth-order valence-corrected chi connectivity index (χ4v) is 2.41. The molecule has 0 heterocycles. The van der Waals surface area contributed by atoms with Crippen LogP contribution in [0.1, 0.15) is 52.9 Å². The van der Waals surface area contributed by atoms with Crippen LogP contribution in [0.2, 0.25) is 0 Å². The van der Waals surface area contributed by atoms with Gasteiger partial charge in [0, 0.05) is 33.2 Å². The molecular weight excluding hydrogens is 280 g/mol. The number of rotatable bonds is 4. The van der Waals surface area contributed by atoms with Crippen LogP contribution in [0.15, 0.2) is 4.99 Å². The number of aliphatic imine (C=N–C) groups is 1. The van der Waals surface area contributed by atoms with Gasteiger partial charge in [-0.05, 0) is 33.6 Å². The summed E-state index contributed by atoms with van der Waals surface area (Å²) in [4.78, 5) is 17.7. The van der Waals surface area contributed by atoms with Crippen LogP contribution < -0.4 is 10.6 Å². The third-order valence-electron chi connectivity index (χ3n) is 3.61. The minimum atomic E-state index is -0.461. The van der Waals surface area contributed by atoms with Gasteiger partial charge in [0.25, 0.3) is 0 Å². The maximum Gasteiger partial charge on any atom is 0.410 e. The van der Waals surface area contributed by atoms with E-state index in [9.17, 15) is 4.79 Å². The van der Waals surface area contributed by atoms with Gasteiger partial charge < -0.3 is 20.3 Å². The minimum Gasteiger partial charge on any atom is -0.444 e. The highest BCUT2D eigenvalue weighted by Crippen LogP contribution is 2.17. The second-order valence-corrected chi connectivity index (χ2v) is 6.88. The van der Waals surface area contributed by atoms with Crippen molar-refractivity contribution in [3.05, 3.63) is 0 Å². The average molecular weight is 312 g/mol. The molecule has 0 atom stereocenters. The summed E-state index contributed by atoms with van der Waals surface area (Å²) in [5, 5.41) is 6.71. The number of amides is 1. The van der Waals surface area contributed by atoms with Crippen LogP contribution in [0, 0.1) is 0 Å². The van der Waals surface area contributed by atoms with E-state index in [1.54, 1.807) is 19.0 Å². The number of ether oxygens (including phenoxy) is 1. The van der Waals surface area contributed by atoms with Crippen molar-refractivity contribution in [2.45, 2.75) is 64.5 Å². The highest BCUT2D eigenvalue weighted by atomic mass is 16.6. The van der Waals surface area contributed by atoms with Gasteiger partial charge in [-0.25, -0.2) is 4.79 Å². The van der Waals surface area contributed by atoms with E-state index in [1.165, 1.54) is 32.1 Å². The number of hydrogen-bond acceptors (Lipinski definition) is 3. The predicted molar refractivity (Wildman–Crippen MR) is 90.2 cm³/mol. The van der Waals surface area contributed by atoms with Crippen LogP contribution in [0.4, 0.5) is 4.79 Å². The van der Waals surface area contributed by atoms with E-state index in [4.69, 9.17) is 4.74 Å². The monoisotopic (exact) mass is 312 g/mol. The van der Waals surface area contributed by atoms with E-state index in [0.717, 1.165) is 5.96 Å². The molecule has 6 heteroatoms. The topological polar surface area (TPSA) is 66.0 Å². The molecule has 0 unspecified atom stereocenters. The molecule has 1 fully saturated rings. The Morgan fingerprint density at radius 3 is 2.45 bits per heavy atom. The molecule has 1 amide bonds.